The largest absolute Gasteiger partial charge is 0.340 e. The Balaban J connectivity index is 2.85. The first kappa shape index (κ1) is 6.23. The molecule has 0 saturated heterocycles. The van der Waals surface area contributed by atoms with Gasteiger partial charge in [-0.3, -0.25) is 0 Å². The quantitative estimate of drug-likeness (QED) is 0.390. The lowest BCUT2D eigenvalue weighted by Crippen LogP contribution is -1.76. The van der Waals surface area contributed by atoms with Gasteiger partial charge in [0.1, 0.15) is 10.4 Å². The summed E-state index contributed by atoms with van der Waals surface area (Å²) >= 11 is 0. The Morgan fingerprint density at radius 3 is 2.44 bits per heavy atom. The smallest absolute Gasteiger partial charge is 0.134 e. The van der Waals surface area contributed by atoms with Crippen LogP contribution in [-0.2, 0) is 0 Å². The third-order valence-electron chi connectivity index (χ3n) is 1.08. The Morgan fingerprint density at radius 2 is 1.89 bits per heavy atom. The molecule has 0 aliphatic heterocycles. The molecular formula is C7H9NSi. The molecule has 0 aliphatic carbocycles. The average molecular weight is 135 g/mol. The first-order valence-electron chi connectivity index (χ1n) is 2.90. The number of nitrogens with zero attached hydrogens (tertiary/aromatic N) is 1. The first-order valence-corrected chi connectivity index (χ1v) is 3.80. The van der Waals surface area contributed by atoms with Crippen LogP contribution < -0.4 is 0 Å². The van der Waals surface area contributed by atoms with Crippen LogP contribution in [0.5, 0.6) is 0 Å². The predicted molar refractivity (Wildman–Crippen MR) is 44.0 cm³/mol. The normalized spacial score (nSPS) is 10.7. The molecule has 0 fully saturated rings. The Kier molecular flexibility index (Phi) is 2.21. The van der Waals surface area contributed by atoms with Crippen LogP contribution in [-0.4, -0.2) is 16.6 Å². The van der Waals surface area contributed by atoms with Crippen molar-refractivity contribution in [2.24, 2.45) is 4.66 Å². The third-order valence-corrected chi connectivity index (χ3v) is 1.34. The van der Waals surface area contributed by atoms with Crippen LogP contribution in [0.25, 0.3) is 0 Å². The van der Waals surface area contributed by atoms with Crippen LogP contribution in [0.15, 0.2) is 35.0 Å². The zero-order valence-corrected chi connectivity index (χ0v) is 7.41. The van der Waals surface area contributed by atoms with Crippen molar-refractivity contribution in [3.63, 3.8) is 0 Å². The van der Waals surface area contributed by atoms with Crippen molar-refractivity contribution in [3.05, 3.63) is 35.9 Å². The maximum absolute atomic E-state index is 4.02. The molecule has 0 amide bonds. The number of hydrogen-bond acceptors (Lipinski definition) is 1. The fraction of sp³-hybridized carbons (Fsp3) is 0. The Labute approximate surface area is 57.9 Å². The summed E-state index contributed by atoms with van der Waals surface area (Å²) < 4.78 is 4.02. The summed E-state index contributed by atoms with van der Waals surface area (Å²) in [6.07, 6.45) is 1.90. The zero-order valence-electron chi connectivity index (χ0n) is 5.41. The van der Waals surface area contributed by atoms with Crippen LogP contribution in [0.4, 0.5) is 0 Å². The molecule has 0 N–H and O–H groups in total. The molecule has 0 spiro atoms. The maximum Gasteiger partial charge on any atom is 0.134 e. The molecule has 0 heterocycles. The SMILES string of the molecule is [SiH3]N=Cc1ccccc1. The lowest BCUT2D eigenvalue weighted by atomic mass is 10.2. The summed E-state index contributed by atoms with van der Waals surface area (Å²) in [5.41, 5.74) is 1.19. The number of rotatable bonds is 1. The minimum atomic E-state index is 0.893. The highest BCUT2D eigenvalue weighted by atomic mass is 28.2. The maximum atomic E-state index is 4.02. The highest BCUT2D eigenvalue weighted by Crippen LogP contribution is 1.92. The van der Waals surface area contributed by atoms with Crippen LogP contribution in [0, 0.1) is 0 Å². The predicted octanol–water partition coefficient (Wildman–Crippen LogP) is 0.386. The monoisotopic (exact) mass is 135 g/mol. The lowest BCUT2D eigenvalue weighted by Gasteiger charge is -1.86. The Bertz CT molecular complexity index is 193. The van der Waals surface area contributed by atoms with Gasteiger partial charge in [-0.15, -0.1) is 0 Å². The van der Waals surface area contributed by atoms with Gasteiger partial charge < -0.3 is 4.66 Å². The molecule has 0 aromatic heterocycles. The second-order valence-electron chi connectivity index (χ2n) is 1.80. The van der Waals surface area contributed by atoms with Crippen molar-refractivity contribution in [2.75, 3.05) is 0 Å². The molecule has 0 atom stereocenters. The average Bonchev–Trinajstić information content (AvgIpc) is 1.91. The molecule has 46 valence electrons. The molecule has 0 saturated carbocycles. The van der Waals surface area contributed by atoms with Gasteiger partial charge in [0.2, 0.25) is 0 Å². The van der Waals surface area contributed by atoms with E-state index in [-0.39, 0.29) is 0 Å². The van der Waals surface area contributed by atoms with Gasteiger partial charge in [0.15, 0.2) is 0 Å². The third kappa shape index (κ3) is 1.81. The van der Waals surface area contributed by atoms with Crippen LogP contribution in [0.2, 0.25) is 0 Å². The van der Waals surface area contributed by atoms with Crippen molar-refractivity contribution in [1.29, 1.82) is 0 Å². The van der Waals surface area contributed by atoms with Crippen molar-refractivity contribution < 1.29 is 0 Å². The summed E-state index contributed by atoms with van der Waals surface area (Å²) in [4.78, 5) is 0. The van der Waals surface area contributed by atoms with Gasteiger partial charge in [0, 0.05) is 6.21 Å². The Hall–Kier alpha value is -0.893. The highest BCUT2D eigenvalue weighted by molar-refractivity contribution is 6.11. The van der Waals surface area contributed by atoms with E-state index in [0.29, 0.717) is 0 Å². The molecule has 0 aliphatic rings. The van der Waals surface area contributed by atoms with E-state index in [1.54, 1.807) is 0 Å². The molecule has 0 bridgehead atoms. The molecule has 0 radical (unpaired) electrons. The molecular weight excluding hydrogens is 126 g/mol. The van der Waals surface area contributed by atoms with Gasteiger partial charge in [-0.2, -0.15) is 0 Å². The summed E-state index contributed by atoms with van der Waals surface area (Å²) in [5, 5.41) is 0. The molecule has 2 heteroatoms. The first-order chi connectivity index (χ1) is 4.43. The van der Waals surface area contributed by atoms with Crippen molar-refractivity contribution in [2.45, 2.75) is 0 Å². The van der Waals surface area contributed by atoms with E-state index < -0.39 is 0 Å². The zero-order chi connectivity index (χ0) is 6.53. The summed E-state index contributed by atoms with van der Waals surface area (Å²) in [5.74, 6) is 0. The molecule has 1 aromatic rings. The van der Waals surface area contributed by atoms with Crippen molar-refractivity contribution in [3.8, 4) is 0 Å². The van der Waals surface area contributed by atoms with Gasteiger partial charge in [0.25, 0.3) is 0 Å². The van der Waals surface area contributed by atoms with E-state index in [1.807, 2.05) is 36.5 Å². The van der Waals surface area contributed by atoms with E-state index in [9.17, 15) is 0 Å². The van der Waals surface area contributed by atoms with Gasteiger partial charge in [0.05, 0.1) is 0 Å². The lowest BCUT2D eigenvalue weighted by molar-refractivity contribution is 1.67. The molecule has 1 nitrogen and oxygen atoms in total. The van der Waals surface area contributed by atoms with Gasteiger partial charge in [-0.1, -0.05) is 30.3 Å². The summed E-state index contributed by atoms with van der Waals surface area (Å²) in [7, 11) is 0.893. The molecule has 0 unspecified atom stereocenters. The van der Waals surface area contributed by atoms with Crippen molar-refractivity contribution >= 4 is 16.6 Å². The highest BCUT2D eigenvalue weighted by Gasteiger charge is 1.78. The van der Waals surface area contributed by atoms with E-state index in [4.69, 9.17) is 0 Å². The van der Waals surface area contributed by atoms with Crippen LogP contribution in [0.3, 0.4) is 0 Å². The summed E-state index contributed by atoms with van der Waals surface area (Å²) in [6.45, 7) is 0. The molecule has 1 rings (SSSR count). The van der Waals surface area contributed by atoms with Gasteiger partial charge in [-0.05, 0) is 5.56 Å². The fourth-order valence-corrected chi connectivity index (χ4v) is 0.986. The fourth-order valence-electron chi connectivity index (χ4n) is 0.688. The molecule has 1 aromatic carbocycles. The second kappa shape index (κ2) is 3.20. The summed E-state index contributed by atoms with van der Waals surface area (Å²) in [6, 6.07) is 10.1. The van der Waals surface area contributed by atoms with E-state index in [2.05, 4.69) is 4.66 Å². The molecule has 9 heavy (non-hydrogen) atoms. The number of benzene rings is 1. The second-order valence-corrected chi connectivity index (χ2v) is 2.31. The van der Waals surface area contributed by atoms with Crippen LogP contribution >= 0.6 is 0 Å². The van der Waals surface area contributed by atoms with Crippen LogP contribution in [0.1, 0.15) is 5.56 Å². The number of hydrogen-bond donors (Lipinski definition) is 0. The minimum Gasteiger partial charge on any atom is -0.340 e. The minimum absolute atomic E-state index is 0.893. The van der Waals surface area contributed by atoms with E-state index >= 15 is 0 Å². The van der Waals surface area contributed by atoms with E-state index in [1.165, 1.54) is 5.56 Å². The standard InChI is InChI=1S/C7H9NSi/c9-8-6-7-4-2-1-3-5-7/h1-6H,9H3. The van der Waals surface area contributed by atoms with Gasteiger partial charge >= 0.3 is 0 Å². The van der Waals surface area contributed by atoms with Crippen molar-refractivity contribution in [1.82, 2.24) is 0 Å². The van der Waals surface area contributed by atoms with Gasteiger partial charge in [-0.25, -0.2) is 0 Å². The Morgan fingerprint density at radius 1 is 1.22 bits per heavy atom. The topological polar surface area (TPSA) is 12.4 Å². The van der Waals surface area contributed by atoms with E-state index in [0.717, 1.165) is 10.4 Å².